The normalized spacial score (nSPS) is 11.4. The first-order chi connectivity index (χ1) is 6.20. The molecular formula is C10H14N3+. The second-order valence-corrected chi connectivity index (χ2v) is 3.65. The first kappa shape index (κ1) is 8.23. The Morgan fingerprint density at radius 3 is 2.92 bits per heavy atom. The van der Waals surface area contributed by atoms with Gasteiger partial charge in [-0.25, -0.2) is 4.57 Å². The van der Waals surface area contributed by atoms with Crippen LogP contribution in [0.4, 0.5) is 0 Å². The van der Waals surface area contributed by atoms with E-state index < -0.39 is 0 Å². The summed E-state index contributed by atoms with van der Waals surface area (Å²) in [6, 6.07) is 4.15. The maximum absolute atomic E-state index is 4.28. The highest BCUT2D eigenvalue weighted by Crippen LogP contribution is 2.19. The second-order valence-electron chi connectivity index (χ2n) is 3.65. The molecule has 1 N–H and O–H groups in total. The lowest BCUT2D eigenvalue weighted by atomic mass is 10.1. The second kappa shape index (κ2) is 2.83. The summed E-state index contributed by atoms with van der Waals surface area (Å²) in [4.78, 5) is 0. The van der Waals surface area contributed by atoms with Crippen LogP contribution in [0.5, 0.6) is 0 Å². The summed E-state index contributed by atoms with van der Waals surface area (Å²) in [6.07, 6.45) is 2.01. The molecule has 2 aromatic rings. The molecule has 68 valence electrons. The molecular weight excluding hydrogens is 162 g/mol. The lowest BCUT2D eigenvalue weighted by molar-refractivity contribution is -0.646. The van der Waals surface area contributed by atoms with Crippen molar-refractivity contribution in [3.05, 3.63) is 24.0 Å². The van der Waals surface area contributed by atoms with Crippen LogP contribution in [0, 0.1) is 0 Å². The molecule has 3 heteroatoms. The maximum atomic E-state index is 4.28. The number of nitrogens with zero attached hydrogens (tertiary/aromatic N) is 2. The third kappa shape index (κ3) is 1.20. The Balaban J connectivity index is 2.75. The number of fused-ring (bicyclic) bond motifs is 1. The Morgan fingerprint density at radius 1 is 1.46 bits per heavy atom. The van der Waals surface area contributed by atoms with Crippen LogP contribution in [0.1, 0.15) is 25.5 Å². The van der Waals surface area contributed by atoms with E-state index in [4.69, 9.17) is 0 Å². The fourth-order valence-electron chi connectivity index (χ4n) is 1.57. The van der Waals surface area contributed by atoms with Crippen LogP contribution >= 0.6 is 0 Å². The van der Waals surface area contributed by atoms with Gasteiger partial charge in [-0.1, -0.05) is 13.8 Å². The lowest BCUT2D eigenvalue weighted by Crippen LogP contribution is -2.28. The van der Waals surface area contributed by atoms with Crippen molar-refractivity contribution in [1.29, 1.82) is 0 Å². The molecule has 0 bridgehead atoms. The third-order valence-corrected chi connectivity index (χ3v) is 2.30. The molecule has 0 aromatic carbocycles. The summed E-state index contributed by atoms with van der Waals surface area (Å²) in [5, 5.41) is 8.58. The summed E-state index contributed by atoms with van der Waals surface area (Å²) < 4.78 is 2.03. The molecule has 0 amide bonds. The number of hydrogen-bond acceptors (Lipinski definition) is 1. The molecule has 0 saturated heterocycles. The zero-order valence-electron chi connectivity index (χ0n) is 8.20. The highest BCUT2D eigenvalue weighted by molar-refractivity contribution is 5.75. The molecule has 2 aromatic heterocycles. The van der Waals surface area contributed by atoms with Crippen molar-refractivity contribution in [2.75, 3.05) is 0 Å². The minimum Gasteiger partial charge on any atom is -0.231 e. The van der Waals surface area contributed by atoms with E-state index in [1.54, 1.807) is 0 Å². The Morgan fingerprint density at radius 2 is 2.23 bits per heavy atom. The van der Waals surface area contributed by atoms with Crippen molar-refractivity contribution >= 4 is 11.0 Å². The van der Waals surface area contributed by atoms with Gasteiger partial charge in [0.05, 0.1) is 29.4 Å². The zero-order valence-corrected chi connectivity index (χ0v) is 8.20. The van der Waals surface area contributed by atoms with Crippen molar-refractivity contribution in [3.8, 4) is 0 Å². The summed E-state index contributed by atoms with van der Waals surface area (Å²) >= 11 is 0. The zero-order chi connectivity index (χ0) is 9.42. The third-order valence-electron chi connectivity index (χ3n) is 2.30. The largest absolute Gasteiger partial charge is 0.356 e. The van der Waals surface area contributed by atoms with Crippen LogP contribution in [0.3, 0.4) is 0 Å². The van der Waals surface area contributed by atoms with Gasteiger partial charge in [-0.15, -0.1) is 0 Å². The van der Waals surface area contributed by atoms with Crippen LogP contribution in [0.2, 0.25) is 0 Å². The topological polar surface area (TPSA) is 32.6 Å². The first-order valence-electron chi connectivity index (χ1n) is 4.52. The molecule has 3 nitrogen and oxygen atoms in total. The fourth-order valence-corrected chi connectivity index (χ4v) is 1.57. The molecule has 0 spiro atoms. The van der Waals surface area contributed by atoms with Crippen molar-refractivity contribution in [1.82, 2.24) is 10.2 Å². The number of H-pyrrole nitrogens is 1. The predicted octanol–water partition coefficient (Wildman–Crippen LogP) is 1.51. The van der Waals surface area contributed by atoms with Gasteiger partial charge in [-0.2, -0.15) is 5.10 Å². The van der Waals surface area contributed by atoms with Gasteiger partial charge in [0, 0.05) is 0 Å². The molecule has 2 rings (SSSR count). The number of rotatable bonds is 1. The summed E-state index contributed by atoms with van der Waals surface area (Å²) in [6.45, 7) is 4.33. The number of nitrogens with one attached hydrogen (secondary N) is 1. The fraction of sp³-hybridized carbons (Fsp3) is 0.400. The highest BCUT2D eigenvalue weighted by Gasteiger charge is 2.15. The van der Waals surface area contributed by atoms with E-state index in [1.165, 1.54) is 11.1 Å². The molecule has 0 aliphatic heterocycles. The van der Waals surface area contributed by atoms with Gasteiger partial charge in [0.1, 0.15) is 0 Å². The molecule has 13 heavy (non-hydrogen) atoms. The molecule has 0 radical (unpaired) electrons. The van der Waals surface area contributed by atoms with Crippen LogP contribution in [-0.2, 0) is 7.05 Å². The van der Waals surface area contributed by atoms with Crippen molar-refractivity contribution < 1.29 is 4.57 Å². The van der Waals surface area contributed by atoms with E-state index in [0.717, 1.165) is 5.65 Å². The van der Waals surface area contributed by atoms with Crippen LogP contribution in [0.25, 0.3) is 11.0 Å². The molecule has 0 unspecified atom stereocenters. The van der Waals surface area contributed by atoms with Gasteiger partial charge < -0.3 is 0 Å². The van der Waals surface area contributed by atoms with Gasteiger partial charge in [0.25, 0.3) is 0 Å². The van der Waals surface area contributed by atoms with Crippen LogP contribution in [-0.4, -0.2) is 10.2 Å². The van der Waals surface area contributed by atoms with Gasteiger partial charge in [0.2, 0.25) is 0 Å². The number of pyridine rings is 1. The summed E-state index contributed by atoms with van der Waals surface area (Å²) in [5.74, 6) is 0.493. The van der Waals surface area contributed by atoms with Crippen LogP contribution in [0.15, 0.2) is 18.3 Å². The van der Waals surface area contributed by atoms with E-state index in [-0.39, 0.29) is 0 Å². The predicted molar refractivity (Wildman–Crippen MR) is 51.4 cm³/mol. The van der Waals surface area contributed by atoms with Crippen LogP contribution < -0.4 is 4.57 Å². The maximum Gasteiger partial charge on any atom is 0.356 e. The first-order valence-corrected chi connectivity index (χ1v) is 4.52. The van der Waals surface area contributed by atoms with Gasteiger partial charge in [-0.3, -0.25) is 0 Å². The monoisotopic (exact) mass is 176 g/mol. The Hall–Kier alpha value is -1.38. The quantitative estimate of drug-likeness (QED) is 0.656. The van der Waals surface area contributed by atoms with Gasteiger partial charge >= 0.3 is 5.65 Å². The minimum absolute atomic E-state index is 0.493. The van der Waals surface area contributed by atoms with Crippen molar-refractivity contribution in [2.45, 2.75) is 19.8 Å². The van der Waals surface area contributed by atoms with Crippen molar-refractivity contribution in [3.63, 3.8) is 0 Å². The summed E-state index contributed by atoms with van der Waals surface area (Å²) in [5.41, 5.74) is 2.23. The number of aromatic amines is 1. The highest BCUT2D eigenvalue weighted by atomic mass is 15.2. The molecule has 0 fully saturated rings. The number of hydrogen-bond donors (Lipinski definition) is 1. The average Bonchev–Trinajstić information content (AvgIpc) is 2.48. The molecule has 0 saturated carbocycles. The van der Waals surface area contributed by atoms with E-state index in [1.807, 2.05) is 23.9 Å². The van der Waals surface area contributed by atoms with Gasteiger partial charge in [0.15, 0.2) is 0 Å². The molecule has 0 atom stereocenters. The van der Waals surface area contributed by atoms with Crippen molar-refractivity contribution in [2.24, 2.45) is 7.05 Å². The smallest absolute Gasteiger partial charge is 0.231 e. The molecule has 2 heterocycles. The van der Waals surface area contributed by atoms with E-state index >= 15 is 0 Å². The lowest BCUT2D eigenvalue weighted by Gasteiger charge is -1.97. The van der Waals surface area contributed by atoms with E-state index in [9.17, 15) is 0 Å². The molecule has 0 aliphatic carbocycles. The standard InChI is InChI=1S/C10H13N3/c1-7(2)9-8-5-4-6-13(3)10(8)12-11-9/h4-7H,1-3H3/p+1. The van der Waals surface area contributed by atoms with Gasteiger partial charge in [-0.05, 0) is 18.1 Å². The molecule has 0 aliphatic rings. The minimum atomic E-state index is 0.493. The average molecular weight is 176 g/mol. The number of aryl methyl sites for hydroxylation is 1. The Kier molecular flexibility index (Phi) is 1.79. The Bertz CT molecular complexity index is 429. The summed E-state index contributed by atoms with van der Waals surface area (Å²) in [7, 11) is 2.01. The van der Waals surface area contributed by atoms with E-state index in [2.05, 4.69) is 30.1 Å². The van der Waals surface area contributed by atoms with E-state index in [0.29, 0.717) is 5.92 Å². The number of aromatic nitrogens is 3. The Labute approximate surface area is 77.4 Å². The SMILES string of the molecule is CC(C)c1[nH]nc2c1ccc[n+]2C.